The van der Waals surface area contributed by atoms with Crippen LogP contribution in [-0.2, 0) is 23.8 Å². The summed E-state index contributed by atoms with van der Waals surface area (Å²) in [5.41, 5.74) is 0.0647. The molecule has 19 nitrogen and oxygen atoms in total. The lowest BCUT2D eigenvalue weighted by Gasteiger charge is -2.34. The predicted molar refractivity (Wildman–Crippen MR) is 230 cm³/mol. The van der Waals surface area contributed by atoms with Gasteiger partial charge < -0.3 is 42.5 Å². The van der Waals surface area contributed by atoms with Gasteiger partial charge in [0.05, 0.1) is 13.7 Å². The van der Waals surface area contributed by atoms with Crippen LogP contribution in [0.15, 0.2) is 72.2 Å². The SMILES string of the molecule is CC[C@H](C)[C@@H](NC(=O)c1nc(-c2coc(-c3csc(-c4coc(-c5coc(C6COC(C)(C)N6C(=O)OC(C)(C)C)n5)n4)n3)n2)oc1-c1ccccc1)C(=O)N[C@H](C(=O)OC)C(C)C. The number of hydrogen-bond donors (Lipinski definition) is 2. The molecule has 1 unspecified atom stereocenters. The van der Waals surface area contributed by atoms with Gasteiger partial charge in [0.1, 0.15) is 64.6 Å². The van der Waals surface area contributed by atoms with Crippen molar-refractivity contribution in [2.45, 2.75) is 98.2 Å². The molecule has 6 aromatic rings. The van der Waals surface area contributed by atoms with Crippen molar-refractivity contribution in [1.82, 2.24) is 40.5 Å². The zero-order valence-corrected chi connectivity index (χ0v) is 37.9. The second-order valence-corrected chi connectivity index (χ2v) is 17.8. The Bertz CT molecular complexity index is 2620. The van der Waals surface area contributed by atoms with Crippen LogP contribution in [0.3, 0.4) is 0 Å². The Balaban J connectivity index is 1.09. The van der Waals surface area contributed by atoms with Crippen LogP contribution in [0.4, 0.5) is 4.79 Å². The standard InChI is InChI=1S/C44H50N8O11S/c1-11-23(4)31(34(53)49-30(22(2)3)41(55)57-10)50-35(54)32-33(24-15-13-12-14-16-24)62-38(51-32)26-18-58-37(45-26)28-21-64-40(48-28)27-19-59-36(47-27)25-17-60-39(46-25)29-20-61-44(8,9)52(29)42(56)63-43(5,6)7/h12-19,21-23,29-31H,11,20H2,1-10H3,(H,49,53)(H,50,54)/t23-,29?,30-,31+/m0/s1. The predicted octanol–water partition coefficient (Wildman–Crippen LogP) is 7.93. The Kier molecular flexibility index (Phi) is 12.9. The second kappa shape index (κ2) is 18.2. The van der Waals surface area contributed by atoms with Gasteiger partial charge in [-0.15, -0.1) is 11.3 Å². The minimum absolute atomic E-state index is 0.0142. The van der Waals surface area contributed by atoms with E-state index in [-0.39, 0.29) is 59.2 Å². The molecule has 0 spiro atoms. The number of oxazole rings is 4. The molecule has 1 aromatic carbocycles. The summed E-state index contributed by atoms with van der Waals surface area (Å²) in [6.45, 7) is 16.3. The van der Waals surface area contributed by atoms with Gasteiger partial charge >= 0.3 is 12.1 Å². The van der Waals surface area contributed by atoms with Crippen molar-refractivity contribution in [1.29, 1.82) is 0 Å². The van der Waals surface area contributed by atoms with E-state index in [1.807, 2.05) is 19.9 Å². The van der Waals surface area contributed by atoms with Crippen molar-refractivity contribution >= 4 is 35.2 Å². The molecule has 0 aliphatic carbocycles. The number of amides is 3. The number of methoxy groups -OCH3 is 1. The third kappa shape index (κ3) is 9.62. The summed E-state index contributed by atoms with van der Waals surface area (Å²) in [5, 5.41) is 7.79. The van der Waals surface area contributed by atoms with Gasteiger partial charge in [-0.25, -0.2) is 34.5 Å². The number of benzene rings is 1. The molecule has 4 atom stereocenters. The smallest absolute Gasteiger partial charge is 0.413 e. The molecule has 0 radical (unpaired) electrons. The van der Waals surface area contributed by atoms with Crippen LogP contribution >= 0.6 is 11.3 Å². The molecule has 1 aliphatic heterocycles. The highest BCUT2D eigenvalue weighted by Crippen LogP contribution is 2.39. The Morgan fingerprint density at radius 1 is 0.859 bits per heavy atom. The first-order chi connectivity index (χ1) is 30.4. The molecule has 1 saturated heterocycles. The van der Waals surface area contributed by atoms with Crippen molar-refractivity contribution < 1.29 is 51.1 Å². The largest absolute Gasteiger partial charge is 0.467 e. The Labute approximate surface area is 372 Å². The highest BCUT2D eigenvalue weighted by atomic mass is 32.1. The number of hydrogen-bond acceptors (Lipinski definition) is 17. The summed E-state index contributed by atoms with van der Waals surface area (Å²) in [6.07, 6.45) is 4.15. The average Bonchev–Trinajstić information content (AvgIpc) is 4.11. The van der Waals surface area contributed by atoms with Crippen molar-refractivity contribution in [2.75, 3.05) is 13.7 Å². The number of carbonyl (C=O) groups is 4. The Morgan fingerprint density at radius 2 is 1.52 bits per heavy atom. The Hall–Kier alpha value is -6.67. The normalized spacial score (nSPS) is 16.4. The van der Waals surface area contributed by atoms with Gasteiger partial charge in [-0.05, 0) is 46.5 Å². The fraction of sp³-hybridized carbons (Fsp3) is 0.432. The molecule has 1 aliphatic rings. The number of carbonyl (C=O) groups excluding carboxylic acids is 4. The van der Waals surface area contributed by atoms with Crippen LogP contribution in [0.2, 0.25) is 0 Å². The lowest BCUT2D eigenvalue weighted by molar-refractivity contribution is -0.146. The highest BCUT2D eigenvalue weighted by molar-refractivity contribution is 7.13. The fourth-order valence-electron chi connectivity index (χ4n) is 6.80. The maximum Gasteiger partial charge on any atom is 0.413 e. The Morgan fingerprint density at radius 3 is 2.19 bits per heavy atom. The molecule has 1 fully saturated rings. The number of nitrogens with one attached hydrogen (secondary N) is 2. The molecule has 2 N–H and O–H groups in total. The minimum Gasteiger partial charge on any atom is -0.467 e. The lowest BCUT2D eigenvalue weighted by atomic mass is 9.96. The molecule has 6 heterocycles. The van der Waals surface area contributed by atoms with E-state index in [1.54, 1.807) is 78.1 Å². The van der Waals surface area contributed by atoms with Crippen LogP contribution in [0.5, 0.6) is 0 Å². The van der Waals surface area contributed by atoms with Crippen LogP contribution < -0.4 is 10.6 Å². The van der Waals surface area contributed by atoms with Gasteiger partial charge in [0.2, 0.25) is 29.5 Å². The molecule has 5 aromatic heterocycles. The van der Waals surface area contributed by atoms with Gasteiger partial charge in [-0.3, -0.25) is 14.5 Å². The van der Waals surface area contributed by atoms with Crippen LogP contribution in [0, 0.1) is 11.8 Å². The zero-order chi connectivity index (χ0) is 46.1. The van der Waals surface area contributed by atoms with E-state index in [9.17, 15) is 19.2 Å². The van der Waals surface area contributed by atoms with Crippen LogP contribution in [-0.4, -0.2) is 90.8 Å². The van der Waals surface area contributed by atoms with Gasteiger partial charge in [-0.1, -0.05) is 64.4 Å². The maximum absolute atomic E-state index is 14.0. The summed E-state index contributed by atoms with van der Waals surface area (Å²) in [7, 11) is 1.25. The molecular formula is C44H50N8O11S. The van der Waals surface area contributed by atoms with E-state index in [0.29, 0.717) is 34.1 Å². The van der Waals surface area contributed by atoms with E-state index in [1.165, 1.54) is 42.1 Å². The summed E-state index contributed by atoms with van der Waals surface area (Å²) in [6, 6.07) is 6.34. The molecule has 0 bridgehead atoms. The van der Waals surface area contributed by atoms with Gasteiger partial charge in [0, 0.05) is 10.9 Å². The first-order valence-electron chi connectivity index (χ1n) is 20.6. The van der Waals surface area contributed by atoms with Crippen molar-refractivity contribution in [3.8, 4) is 56.8 Å². The molecule has 20 heteroatoms. The van der Waals surface area contributed by atoms with Crippen LogP contribution in [0.1, 0.15) is 91.2 Å². The van der Waals surface area contributed by atoms with Crippen molar-refractivity contribution in [3.05, 3.63) is 66.1 Å². The molecule has 3 amide bonds. The van der Waals surface area contributed by atoms with Gasteiger partial charge in [0.25, 0.3) is 5.91 Å². The van der Waals surface area contributed by atoms with E-state index in [2.05, 4.69) is 35.6 Å². The van der Waals surface area contributed by atoms with Gasteiger partial charge in [0.15, 0.2) is 22.8 Å². The van der Waals surface area contributed by atoms with E-state index >= 15 is 0 Å². The van der Waals surface area contributed by atoms with E-state index < -0.39 is 53.3 Å². The highest BCUT2D eigenvalue weighted by Gasteiger charge is 2.48. The molecule has 0 saturated carbocycles. The summed E-state index contributed by atoms with van der Waals surface area (Å²) >= 11 is 1.27. The van der Waals surface area contributed by atoms with E-state index in [0.717, 1.165) is 0 Å². The topological polar surface area (TPSA) is 240 Å². The number of nitrogens with zero attached hydrogens (tertiary/aromatic N) is 6. The number of aromatic nitrogens is 5. The lowest BCUT2D eigenvalue weighted by Crippen LogP contribution is -2.55. The molecule has 338 valence electrons. The second-order valence-electron chi connectivity index (χ2n) is 17.0. The van der Waals surface area contributed by atoms with Crippen molar-refractivity contribution in [2.24, 2.45) is 11.8 Å². The number of thiazole rings is 1. The molecular weight excluding hydrogens is 849 g/mol. The third-order valence-electron chi connectivity index (χ3n) is 10.4. The first kappa shape index (κ1) is 45.4. The fourth-order valence-corrected chi connectivity index (χ4v) is 7.54. The maximum atomic E-state index is 14.0. The number of esters is 1. The summed E-state index contributed by atoms with van der Waals surface area (Å²) in [5.74, 6) is -1.72. The summed E-state index contributed by atoms with van der Waals surface area (Å²) in [4.78, 5) is 77.7. The quantitative estimate of drug-likeness (QED) is 0.0986. The minimum atomic E-state index is -1.02. The average molecular weight is 899 g/mol. The van der Waals surface area contributed by atoms with Crippen LogP contribution in [0.25, 0.3) is 56.8 Å². The molecule has 64 heavy (non-hydrogen) atoms. The van der Waals surface area contributed by atoms with Crippen molar-refractivity contribution in [3.63, 3.8) is 0 Å². The third-order valence-corrected chi connectivity index (χ3v) is 11.2. The van der Waals surface area contributed by atoms with Gasteiger partial charge in [-0.2, -0.15) is 0 Å². The first-order valence-corrected chi connectivity index (χ1v) is 21.5. The zero-order valence-electron chi connectivity index (χ0n) is 37.1. The summed E-state index contributed by atoms with van der Waals surface area (Å²) < 4.78 is 40.0. The molecule has 7 rings (SSSR count). The number of ether oxygens (including phenoxy) is 3. The number of rotatable bonds is 14. The van der Waals surface area contributed by atoms with E-state index in [4.69, 9.17) is 31.9 Å². The monoisotopic (exact) mass is 898 g/mol.